The van der Waals surface area contributed by atoms with Crippen molar-refractivity contribution in [1.29, 1.82) is 0 Å². The second kappa shape index (κ2) is 3.67. The quantitative estimate of drug-likeness (QED) is 0.752. The van der Waals surface area contributed by atoms with Crippen LogP contribution in [0.4, 0.5) is 0 Å². The molecule has 0 aliphatic heterocycles. The van der Waals surface area contributed by atoms with Gasteiger partial charge in [0, 0.05) is 6.07 Å². The first-order valence-electron chi connectivity index (χ1n) is 4.80. The lowest BCUT2D eigenvalue weighted by atomic mass is 10.3. The first-order chi connectivity index (χ1) is 8.24. The lowest BCUT2D eigenvalue weighted by Crippen LogP contribution is -1.94. The highest BCUT2D eigenvalue weighted by atomic mass is 32.1. The van der Waals surface area contributed by atoms with Gasteiger partial charge in [-0.3, -0.25) is 0 Å². The summed E-state index contributed by atoms with van der Waals surface area (Å²) in [4.78, 5) is 15.0. The van der Waals surface area contributed by atoms with E-state index in [9.17, 15) is 4.79 Å². The zero-order chi connectivity index (χ0) is 11.8. The number of carboxylic acid groups (broad SMARTS) is 1. The van der Waals surface area contributed by atoms with Gasteiger partial charge < -0.3 is 9.63 Å². The number of hydrogen-bond donors (Lipinski definition) is 1. The van der Waals surface area contributed by atoms with Crippen LogP contribution in [0, 0.1) is 0 Å². The maximum atomic E-state index is 10.7. The Labute approximate surface area is 99.3 Å². The summed E-state index contributed by atoms with van der Waals surface area (Å²) in [5.74, 6) is -0.732. The first-order valence-corrected chi connectivity index (χ1v) is 5.61. The minimum atomic E-state index is -1.11. The Bertz CT molecular complexity index is 668. The molecule has 0 atom stereocenters. The standard InChI is InChI=1S/C11H6N2O3S/c14-11(15)7-5-8(16-13-7)10-12-6-3-1-2-4-9(6)17-10/h1-5H,(H,14,15). The Morgan fingerprint density at radius 2 is 2.18 bits per heavy atom. The molecule has 2 heterocycles. The fraction of sp³-hybridized carbons (Fsp3) is 0. The van der Waals surface area contributed by atoms with Gasteiger partial charge in [-0.25, -0.2) is 9.78 Å². The maximum Gasteiger partial charge on any atom is 0.358 e. The van der Waals surface area contributed by atoms with E-state index in [-0.39, 0.29) is 5.69 Å². The largest absolute Gasteiger partial charge is 0.476 e. The normalized spacial score (nSPS) is 10.8. The van der Waals surface area contributed by atoms with Crippen LogP contribution in [-0.4, -0.2) is 21.2 Å². The number of benzene rings is 1. The molecule has 0 saturated heterocycles. The van der Waals surface area contributed by atoms with E-state index in [0.29, 0.717) is 10.8 Å². The summed E-state index contributed by atoms with van der Waals surface area (Å²) in [6, 6.07) is 9.04. The van der Waals surface area contributed by atoms with Crippen LogP contribution in [0.15, 0.2) is 34.9 Å². The zero-order valence-corrected chi connectivity index (χ0v) is 9.27. The molecular weight excluding hydrogens is 240 g/mol. The van der Waals surface area contributed by atoms with E-state index in [1.54, 1.807) is 0 Å². The number of para-hydroxylation sites is 1. The van der Waals surface area contributed by atoms with Crippen molar-refractivity contribution in [2.45, 2.75) is 0 Å². The van der Waals surface area contributed by atoms with Gasteiger partial charge in [-0.2, -0.15) is 0 Å². The molecule has 0 spiro atoms. The summed E-state index contributed by atoms with van der Waals surface area (Å²) in [5, 5.41) is 12.8. The van der Waals surface area contributed by atoms with Gasteiger partial charge in [0.25, 0.3) is 0 Å². The van der Waals surface area contributed by atoms with Crippen LogP contribution in [-0.2, 0) is 0 Å². The summed E-state index contributed by atoms with van der Waals surface area (Å²) in [7, 11) is 0. The highest BCUT2D eigenvalue weighted by Gasteiger charge is 2.15. The highest BCUT2D eigenvalue weighted by Crippen LogP contribution is 2.30. The van der Waals surface area contributed by atoms with Crippen molar-refractivity contribution in [3.8, 4) is 10.8 Å². The molecular formula is C11H6N2O3S. The Morgan fingerprint density at radius 1 is 1.35 bits per heavy atom. The predicted octanol–water partition coefficient (Wildman–Crippen LogP) is 2.65. The molecule has 0 saturated carbocycles. The average molecular weight is 246 g/mol. The number of thiazole rings is 1. The van der Waals surface area contributed by atoms with Crippen LogP contribution in [0.2, 0.25) is 0 Å². The summed E-state index contributed by atoms with van der Waals surface area (Å²) in [5.41, 5.74) is 0.750. The van der Waals surface area contributed by atoms with Crippen molar-refractivity contribution >= 4 is 27.5 Å². The van der Waals surface area contributed by atoms with Crippen LogP contribution in [0.5, 0.6) is 0 Å². The minimum absolute atomic E-state index is 0.112. The van der Waals surface area contributed by atoms with E-state index in [1.807, 2.05) is 24.3 Å². The molecule has 0 amide bonds. The van der Waals surface area contributed by atoms with Crippen LogP contribution >= 0.6 is 11.3 Å². The SMILES string of the molecule is O=C(O)c1cc(-c2nc3ccccc3s2)on1. The van der Waals surface area contributed by atoms with Crippen LogP contribution in [0.25, 0.3) is 21.0 Å². The summed E-state index contributed by atoms with van der Waals surface area (Å²) in [6.45, 7) is 0. The Hall–Kier alpha value is -2.21. The van der Waals surface area contributed by atoms with Gasteiger partial charge in [0.1, 0.15) is 0 Å². The molecule has 2 aromatic heterocycles. The van der Waals surface area contributed by atoms with E-state index >= 15 is 0 Å². The first kappa shape index (κ1) is 9.98. The smallest absolute Gasteiger partial charge is 0.358 e. The third kappa shape index (κ3) is 1.68. The maximum absolute atomic E-state index is 10.7. The van der Waals surface area contributed by atoms with Crippen molar-refractivity contribution in [1.82, 2.24) is 10.1 Å². The zero-order valence-electron chi connectivity index (χ0n) is 8.45. The summed E-state index contributed by atoms with van der Waals surface area (Å²) < 4.78 is 5.98. The van der Waals surface area contributed by atoms with E-state index in [4.69, 9.17) is 9.63 Å². The number of rotatable bonds is 2. The Morgan fingerprint density at radius 3 is 2.88 bits per heavy atom. The topological polar surface area (TPSA) is 76.2 Å². The number of fused-ring (bicyclic) bond motifs is 1. The number of aromatic nitrogens is 2. The summed E-state index contributed by atoms with van der Waals surface area (Å²) >= 11 is 1.44. The van der Waals surface area contributed by atoms with Crippen molar-refractivity contribution < 1.29 is 14.4 Å². The molecule has 0 fully saturated rings. The van der Waals surface area contributed by atoms with E-state index < -0.39 is 5.97 Å². The van der Waals surface area contributed by atoms with E-state index in [0.717, 1.165) is 10.2 Å². The monoisotopic (exact) mass is 246 g/mol. The minimum Gasteiger partial charge on any atom is -0.476 e. The van der Waals surface area contributed by atoms with Gasteiger partial charge in [-0.1, -0.05) is 17.3 Å². The Balaban J connectivity index is 2.10. The van der Waals surface area contributed by atoms with Gasteiger partial charge in [-0.05, 0) is 12.1 Å². The second-order valence-electron chi connectivity index (χ2n) is 3.37. The van der Waals surface area contributed by atoms with Gasteiger partial charge in [0.05, 0.1) is 10.2 Å². The number of aromatic carboxylic acids is 1. The average Bonchev–Trinajstić information content (AvgIpc) is 2.95. The van der Waals surface area contributed by atoms with Crippen LogP contribution in [0.3, 0.4) is 0 Å². The third-order valence-electron chi connectivity index (χ3n) is 2.23. The molecule has 0 unspecified atom stereocenters. The van der Waals surface area contributed by atoms with Crippen molar-refractivity contribution in [2.75, 3.05) is 0 Å². The molecule has 1 N–H and O–H groups in total. The fourth-order valence-corrected chi connectivity index (χ4v) is 2.37. The lowest BCUT2D eigenvalue weighted by Gasteiger charge is -1.82. The van der Waals surface area contributed by atoms with E-state index in [1.165, 1.54) is 17.4 Å². The molecule has 1 aromatic carbocycles. The van der Waals surface area contributed by atoms with Gasteiger partial charge >= 0.3 is 5.97 Å². The van der Waals surface area contributed by atoms with Gasteiger partial charge in [0.15, 0.2) is 16.5 Å². The lowest BCUT2D eigenvalue weighted by molar-refractivity contribution is 0.0686. The van der Waals surface area contributed by atoms with Crippen molar-refractivity contribution in [3.05, 3.63) is 36.0 Å². The van der Waals surface area contributed by atoms with E-state index in [2.05, 4.69) is 10.1 Å². The Kier molecular flexibility index (Phi) is 2.15. The number of nitrogens with zero attached hydrogens (tertiary/aromatic N) is 2. The predicted molar refractivity (Wildman–Crippen MR) is 62.1 cm³/mol. The molecule has 5 nitrogen and oxygen atoms in total. The second-order valence-corrected chi connectivity index (χ2v) is 4.40. The molecule has 0 aliphatic carbocycles. The molecule has 17 heavy (non-hydrogen) atoms. The molecule has 6 heteroatoms. The third-order valence-corrected chi connectivity index (χ3v) is 3.28. The van der Waals surface area contributed by atoms with Crippen molar-refractivity contribution in [3.63, 3.8) is 0 Å². The van der Waals surface area contributed by atoms with Crippen LogP contribution < -0.4 is 0 Å². The summed E-state index contributed by atoms with van der Waals surface area (Å²) in [6.07, 6.45) is 0. The molecule has 0 bridgehead atoms. The molecule has 3 rings (SSSR count). The highest BCUT2D eigenvalue weighted by molar-refractivity contribution is 7.21. The molecule has 0 aliphatic rings. The van der Waals surface area contributed by atoms with Crippen LogP contribution in [0.1, 0.15) is 10.5 Å². The number of carboxylic acids is 1. The number of hydrogen-bond acceptors (Lipinski definition) is 5. The van der Waals surface area contributed by atoms with Crippen molar-refractivity contribution in [2.24, 2.45) is 0 Å². The number of carbonyl (C=O) groups is 1. The van der Waals surface area contributed by atoms with Gasteiger partial charge in [-0.15, -0.1) is 11.3 Å². The van der Waals surface area contributed by atoms with Gasteiger partial charge in [0.2, 0.25) is 0 Å². The fourth-order valence-electron chi connectivity index (χ4n) is 1.45. The molecule has 84 valence electrons. The molecule has 0 radical (unpaired) electrons. The molecule has 3 aromatic rings.